The molecule has 1 atom stereocenters. The van der Waals surface area contributed by atoms with Gasteiger partial charge in [0.1, 0.15) is 6.04 Å². The smallest absolute Gasteiger partial charge is 0.256 e. The molecule has 5 heteroatoms. The van der Waals surface area contributed by atoms with Crippen molar-refractivity contribution in [3.8, 4) is 0 Å². The van der Waals surface area contributed by atoms with Gasteiger partial charge in [-0.25, -0.2) is 4.90 Å². The summed E-state index contributed by atoms with van der Waals surface area (Å²) in [6.45, 7) is 3.96. The molecule has 0 radical (unpaired) electrons. The summed E-state index contributed by atoms with van der Waals surface area (Å²) in [5.74, 6) is -0.419. The van der Waals surface area contributed by atoms with Crippen molar-refractivity contribution in [1.29, 1.82) is 0 Å². The molecular weight excluding hydrogens is 312 g/mol. The summed E-state index contributed by atoms with van der Waals surface area (Å²) in [4.78, 5) is 26.1. The van der Waals surface area contributed by atoms with Gasteiger partial charge >= 0.3 is 0 Å². The van der Waals surface area contributed by atoms with E-state index in [1.54, 1.807) is 24.3 Å². The van der Waals surface area contributed by atoms with E-state index < -0.39 is 6.04 Å². The maximum atomic E-state index is 12.6. The third-order valence-corrected chi connectivity index (χ3v) is 4.33. The third kappa shape index (κ3) is 3.08. The lowest BCUT2D eigenvalue weighted by molar-refractivity contribution is -0.121. The van der Waals surface area contributed by atoms with Gasteiger partial charge in [0.2, 0.25) is 5.91 Å². The summed E-state index contributed by atoms with van der Waals surface area (Å²) in [6.07, 6.45) is 0.147. The molecule has 1 aliphatic heterocycles. The first kappa shape index (κ1) is 15.6. The van der Waals surface area contributed by atoms with Crippen LogP contribution >= 0.6 is 11.6 Å². The molecule has 4 nitrogen and oxygen atoms in total. The van der Waals surface area contributed by atoms with Crippen LogP contribution in [-0.2, 0) is 9.59 Å². The van der Waals surface area contributed by atoms with Crippen molar-refractivity contribution in [2.45, 2.75) is 26.3 Å². The van der Waals surface area contributed by atoms with Gasteiger partial charge in [0.05, 0.1) is 12.1 Å². The molecule has 1 saturated heterocycles. The minimum atomic E-state index is -0.551. The number of nitrogens with zero attached hydrogens (tertiary/aromatic N) is 1. The molecule has 1 heterocycles. The Hall–Kier alpha value is -2.33. The molecule has 1 fully saturated rings. The minimum absolute atomic E-state index is 0.147. The number of nitrogens with one attached hydrogen (secondary N) is 1. The van der Waals surface area contributed by atoms with Crippen molar-refractivity contribution < 1.29 is 9.59 Å². The summed E-state index contributed by atoms with van der Waals surface area (Å²) in [7, 11) is 0. The molecule has 3 rings (SSSR count). The molecule has 2 aromatic rings. The van der Waals surface area contributed by atoms with E-state index in [4.69, 9.17) is 11.6 Å². The van der Waals surface area contributed by atoms with E-state index in [9.17, 15) is 9.59 Å². The van der Waals surface area contributed by atoms with Gasteiger partial charge in [0.15, 0.2) is 0 Å². The molecule has 23 heavy (non-hydrogen) atoms. The Morgan fingerprint density at radius 3 is 2.39 bits per heavy atom. The van der Waals surface area contributed by atoms with E-state index in [0.717, 1.165) is 16.8 Å². The molecule has 1 aliphatic rings. The summed E-state index contributed by atoms with van der Waals surface area (Å²) in [5.41, 5.74) is 3.58. The number of carbonyl (C=O) groups excluding carboxylic acids is 2. The number of hydrogen-bond acceptors (Lipinski definition) is 3. The van der Waals surface area contributed by atoms with Gasteiger partial charge in [-0.3, -0.25) is 9.59 Å². The topological polar surface area (TPSA) is 49.4 Å². The number of anilines is 2. The van der Waals surface area contributed by atoms with E-state index in [0.29, 0.717) is 10.7 Å². The first-order valence-electron chi connectivity index (χ1n) is 7.42. The summed E-state index contributed by atoms with van der Waals surface area (Å²) >= 11 is 5.85. The van der Waals surface area contributed by atoms with Crippen LogP contribution in [0.15, 0.2) is 42.5 Å². The van der Waals surface area contributed by atoms with Gasteiger partial charge in [-0.2, -0.15) is 0 Å². The number of carbonyl (C=O) groups is 2. The molecular formula is C18H17ClN2O2. The van der Waals surface area contributed by atoms with Gasteiger partial charge in [-0.1, -0.05) is 17.7 Å². The highest BCUT2D eigenvalue weighted by atomic mass is 35.5. The first-order chi connectivity index (χ1) is 11.0. The largest absolute Gasteiger partial charge is 0.373 e. The monoisotopic (exact) mass is 328 g/mol. The zero-order valence-corrected chi connectivity index (χ0v) is 13.7. The fraction of sp³-hybridized carbons (Fsp3) is 0.222. The highest BCUT2D eigenvalue weighted by Crippen LogP contribution is 2.27. The van der Waals surface area contributed by atoms with Gasteiger partial charge in [0, 0.05) is 10.7 Å². The van der Waals surface area contributed by atoms with E-state index in [1.807, 2.05) is 32.0 Å². The van der Waals surface area contributed by atoms with Crippen LogP contribution in [0.25, 0.3) is 0 Å². The molecule has 0 unspecified atom stereocenters. The van der Waals surface area contributed by atoms with Crippen LogP contribution in [-0.4, -0.2) is 17.9 Å². The zero-order chi connectivity index (χ0) is 16.6. The Kier molecular flexibility index (Phi) is 4.09. The van der Waals surface area contributed by atoms with Crippen LogP contribution < -0.4 is 10.2 Å². The average Bonchev–Trinajstić information content (AvgIpc) is 2.79. The second-order valence-electron chi connectivity index (χ2n) is 5.74. The van der Waals surface area contributed by atoms with Gasteiger partial charge in [-0.05, 0) is 61.4 Å². The number of aryl methyl sites for hydroxylation is 2. The third-order valence-electron chi connectivity index (χ3n) is 4.08. The van der Waals surface area contributed by atoms with Crippen molar-refractivity contribution in [1.82, 2.24) is 0 Å². The van der Waals surface area contributed by atoms with E-state index in [2.05, 4.69) is 5.32 Å². The summed E-state index contributed by atoms with van der Waals surface area (Å²) in [5, 5.41) is 3.73. The number of rotatable bonds is 3. The highest BCUT2D eigenvalue weighted by molar-refractivity contribution is 6.30. The Morgan fingerprint density at radius 2 is 1.74 bits per heavy atom. The summed E-state index contributed by atoms with van der Waals surface area (Å²) < 4.78 is 0. The molecule has 0 saturated carbocycles. The van der Waals surface area contributed by atoms with Crippen molar-refractivity contribution in [3.05, 3.63) is 58.6 Å². The van der Waals surface area contributed by atoms with E-state index in [1.165, 1.54) is 4.90 Å². The molecule has 0 bridgehead atoms. The predicted octanol–water partition coefficient (Wildman–Crippen LogP) is 3.70. The second kappa shape index (κ2) is 6.05. The molecule has 0 aromatic heterocycles. The number of benzene rings is 2. The molecule has 2 amide bonds. The standard InChI is InChI=1S/C18H17ClN2O2/c1-11-3-8-15(9-12(11)2)21-17(22)10-16(18(21)23)20-14-6-4-13(19)5-7-14/h3-9,16,20H,10H2,1-2H3/t16-/m1/s1. The highest BCUT2D eigenvalue weighted by Gasteiger charge is 2.39. The second-order valence-corrected chi connectivity index (χ2v) is 6.18. The molecule has 118 valence electrons. The Bertz CT molecular complexity index is 771. The Balaban J connectivity index is 1.82. The Morgan fingerprint density at radius 1 is 1.04 bits per heavy atom. The quantitative estimate of drug-likeness (QED) is 0.874. The lowest BCUT2D eigenvalue weighted by Crippen LogP contribution is -2.34. The van der Waals surface area contributed by atoms with Gasteiger partial charge in [0.25, 0.3) is 5.91 Å². The van der Waals surface area contributed by atoms with E-state index >= 15 is 0 Å². The van der Waals surface area contributed by atoms with Crippen LogP contribution in [0.4, 0.5) is 11.4 Å². The fourth-order valence-corrected chi connectivity index (χ4v) is 2.75. The fourth-order valence-electron chi connectivity index (χ4n) is 2.63. The van der Waals surface area contributed by atoms with Crippen LogP contribution in [0.5, 0.6) is 0 Å². The normalized spacial score (nSPS) is 17.7. The average molecular weight is 329 g/mol. The number of hydrogen-bond donors (Lipinski definition) is 1. The lowest BCUT2D eigenvalue weighted by Gasteiger charge is -2.17. The van der Waals surface area contributed by atoms with Crippen molar-refractivity contribution in [3.63, 3.8) is 0 Å². The number of imide groups is 1. The lowest BCUT2D eigenvalue weighted by atomic mass is 10.1. The van der Waals surface area contributed by atoms with Crippen LogP contribution in [0.3, 0.4) is 0 Å². The van der Waals surface area contributed by atoms with Crippen LogP contribution in [0.2, 0.25) is 5.02 Å². The maximum Gasteiger partial charge on any atom is 0.256 e. The Labute approximate surface area is 140 Å². The SMILES string of the molecule is Cc1ccc(N2C(=O)C[C@@H](Nc3ccc(Cl)cc3)C2=O)cc1C. The van der Waals surface area contributed by atoms with Crippen LogP contribution in [0.1, 0.15) is 17.5 Å². The van der Waals surface area contributed by atoms with Gasteiger partial charge in [-0.15, -0.1) is 0 Å². The van der Waals surface area contributed by atoms with E-state index in [-0.39, 0.29) is 18.2 Å². The van der Waals surface area contributed by atoms with Crippen molar-refractivity contribution in [2.24, 2.45) is 0 Å². The zero-order valence-electron chi connectivity index (χ0n) is 13.0. The maximum absolute atomic E-state index is 12.6. The predicted molar refractivity (Wildman–Crippen MR) is 91.9 cm³/mol. The molecule has 0 aliphatic carbocycles. The van der Waals surface area contributed by atoms with Gasteiger partial charge < -0.3 is 5.32 Å². The number of halogens is 1. The van der Waals surface area contributed by atoms with Crippen molar-refractivity contribution >= 4 is 34.8 Å². The van der Waals surface area contributed by atoms with Crippen molar-refractivity contribution in [2.75, 3.05) is 10.2 Å². The molecule has 0 spiro atoms. The molecule has 1 N–H and O–H groups in total. The minimum Gasteiger partial charge on any atom is -0.373 e. The first-order valence-corrected chi connectivity index (χ1v) is 7.79. The molecule has 2 aromatic carbocycles. The van der Waals surface area contributed by atoms with Crippen LogP contribution in [0, 0.1) is 13.8 Å². The summed E-state index contributed by atoms with van der Waals surface area (Å²) in [6, 6.07) is 12.1. The number of amides is 2.